The monoisotopic (exact) mass is 488 g/mol. The van der Waals surface area contributed by atoms with Crippen molar-refractivity contribution in [3.8, 4) is 17.2 Å². The Morgan fingerprint density at radius 3 is 2.47 bits per heavy atom. The summed E-state index contributed by atoms with van der Waals surface area (Å²) in [5, 5.41) is -0.00230. The molecular formula is C24H22ClFN2O6. The van der Waals surface area contributed by atoms with Gasteiger partial charge in [0.2, 0.25) is 5.78 Å². The number of aryl methyl sites for hydroxylation is 1. The van der Waals surface area contributed by atoms with Crippen LogP contribution in [0.3, 0.4) is 0 Å². The summed E-state index contributed by atoms with van der Waals surface area (Å²) < 4.78 is 31.0. The van der Waals surface area contributed by atoms with E-state index in [0.717, 1.165) is 5.69 Å². The SMILES string of the molecule is COc1cc(C(=O)OCC(=O)c2cc(C)n(-c3cccc(F)c3)c2C)cc(Cl)c1OCC(N)=O. The first-order chi connectivity index (χ1) is 16.1. The van der Waals surface area contributed by atoms with Gasteiger partial charge < -0.3 is 24.5 Å². The number of primary amides is 1. The minimum absolute atomic E-state index is 0.00230. The number of amides is 1. The average Bonchev–Trinajstić information content (AvgIpc) is 3.09. The highest BCUT2D eigenvalue weighted by Gasteiger charge is 2.21. The fraction of sp³-hybridized carbons (Fsp3) is 0.208. The molecule has 0 atom stereocenters. The highest BCUT2D eigenvalue weighted by Crippen LogP contribution is 2.36. The number of hydrogen-bond acceptors (Lipinski definition) is 6. The number of ketones is 1. The van der Waals surface area contributed by atoms with Crippen LogP contribution >= 0.6 is 11.6 Å². The second kappa shape index (κ2) is 10.4. The zero-order chi connectivity index (χ0) is 25.0. The van der Waals surface area contributed by atoms with E-state index in [9.17, 15) is 18.8 Å². The van der Waals surface area contributed by atoms with Crippen molar-refractivity contribution >= 4 is 29.3 Å². The van der Waals surface area contributed by atoms with E-state index in [0.29, 0.717) is 16.9 Å². The Balaban J connectivity index is 1.75. The fourth-order valence-corrected chi connectivity index (χ4v) is 3.74. The molecule has 0 aliphatic rings. The van der Waals surface area contributed by atoms with Crippen molar-refractivity contribution < 1.29 is 33.0 Å². The number of hydrogen-bond donors (Lipinski definition) is 1. The van der Waals surface area contributed by atoms with Crippen LogP contribution in [0.15, 0.2) is 42.5 Å². The Kier molecular flexibility index (Phi) is 7.57. The van der Waals surface area contributed by atoms with E-state index < -0.39 is 36.7 Å². The van der Waals surface area contributed by atoms with Crippen LogP contribution in [0.1, 0.15) is 32.1 Å². The molecular weight excluding hydrogens is 467 g/mol. The van der Waals surface area contributed by atoms with Gasteiger partial charge in [-0.05, 0) is 50.2 Å². The zero-order valence-electron chi connectivity index (χ0n) is 18.7. The Hall–Kier alpha value is -3.85. The fourth-order valence-electron chi connectivity index (χ4n) is 3.47. The molecule has 178 valence electrons. The lowest BCUT2D eigenvalue weighted by atomic mass is 10.1. The summed E-state index contributed by atoms with van der Waals surface area (Å²) in [6.07, 6.45) is 0. The highest BCUT2D eigenvalue weighted by molar-refractivity contribution is 6.32. The predicted octanol–water partition coefficient (Wildman–Crippen LogP) is 3.80. The van der Waals surface area contributed by atoms with Crippen molar-refractivity contribution in [1.29, 1.82) is 0 Å². The third-order valence-corrected chi connectivity index (χ3v) is 5.24. The summed E-state index contributed by atoms with van der Waals surface area (Å²) >= 11 is 6.15. The highest BCUT2D eigenvalue weighted by atomic mass is 35.5. The standard InChI is InChI=1S/C24H22ClFN2O6/c1-13-7-18(14(2)28(13)17-6-4-5-16(26)10-17)20(29)11-34-24(31)15-8-19(25)23(21(9-15)32-3)33-12-22(27)30/h4-10H,11-12H2,1-3H3,(H2,27,30). The molecule has 0 aliphatic carbocycles. The lowest BCUT2D eigenvalue weighted by Gasteiger charge is -2.13. The van der Waals surface area contributed by atoms with E-state index in [2.05, 4.69) is 0 Å². The topological polar surface area (TPSA) is 110 Å². The van der Waals surface area contributed by atoms with E-state index in [-0.39, 0.29) is 22.1 Å². The minimum atomic E-state index is -0.811. The summed E-state index contributed by atoms with van der Waals surface area (Å²) in [6.45, 7) is 2.56. The van der Waals surface area contributed by atoms with Crippen molar-refractivity contribution in [1.82, 2.24) is 4.57 Å². The van der Waals surface area contributed by atoms with Gasteiger partial charge in [0.1, 0.15) is 5.82 Å². The molecule has 3 rings (SSSR count). The summed E-state index contributed by atoms with van der Waals surface area (Å²) in [5.74, 6) is -2.22. The van der Waals surface area contributed by atoms with E-state index in [1.54, 1.807) is 36.6 Å². The van der Waals surface area contributed by atoms with Gasteiger partial charge in [-0.2, -0.15) is 0 Å². The molecule has 8 nitrogen and oxygen atoms in total. The third kappa shape index (κ3) is 5.37. The number of methoxy groups -OCH3 is 1. The molecule has 3 aromatic rings. The predicted molar refractivity (Wildman–Crippen MR) is 123 cm³/mol. The molecule has 0 radical (unpaired) electrons. The minimum Gasteiger partial charge on any atom is -0.493 e. The van der Waals surface area contributed by atoms with Crippen LogP contribution < -0.4 is 15.2 Å². The number of halogens is 2. The van der Waals surface area contributed by atoms with Gasteiger partial charge in [-0.15, -0.1) is 0 Å². The molecule has 2 aromatic carbocycles. The largest absolute Gasteiger partial charge is 0.493 e. The summed E-state index contributed by atoms with van der Waals surface area (Å²) in [6, 6.07) is 10.2. The number of Topliss-reactive ketones (excluding diaryl/α,β-unsaturated/α-hetero) is 1. The van der Waals surface area contributed by atoms with Crippen molar-refractivity contribution in [3.05, 3.63) is 75.8 Å². The van der Waals surface area contributed by atoms with Crippen molar-refractivity contribution in [2.45, 2.75) is 13.8 Å². The number of carbonyl (C=O) groups is 3. The molecule has 1 amide bonds. The first-order valence-corrected chi connectivity index (χ1v) is 10.4. The zero-order valence-corrected chi connectivity index (χ0v) is 19.4. The molecule has 0 bridgehead atoms. The second-order valence-electron chi connectivity index (χ2n) is 7.34. The summed E-state index contributed by atoms with van der Waals surface area (Å²) in [4.78, 5) is 36.3. The molecule has 1 heterocycles. The Morgan fingerprint density at radius 2 is 1.82 bits per heavy atom. The van der Waals surface area contributed by atoms with Crippen LogP contribution in [0.5, 0.6) is 11.5 Å². The molecule has 0 unspecified atom stereocenters. The number of carbonyl (C=O) groups excluding carboxylic acids is 3. The van der Waals surface area contributed by atoms with Gasteiger partial charge in [-0.25, -0.2) is 9.18 Å². The van der Waals surface area contributed by atoms with Crippen molar-refractivity contribution in [2.24, 2.45) is 5.73 Å². The third-order valence-electron chi connectivity index (χ3n) is 4.96. The average molecular weight is 489 g/mol. The molecule has 0 aliphatic heterocycles. The maximum Gasteiger partial charge on any atom is 0.338 e. The molecule has 0 fully saturated rings. The van der Waals surface area contributed by atoms with Crippen LogP contribution in [-0.2, 0) is 9.53 Å². The first kappa shape index (κ1) is 24.8. The smallest absolute Gasteiger partial charge is 0.338 e. The lowest BCUT2D eigenvalue weighted by Crippen LogP contribution is -2.20. The number of benzene rings is 2. The van der Waals surface area contributed by atoms with Crippen LogP contribution in [0.25, 0.3) is 5.69 Å². The van der Waals surface area contributed by atoms with E-state index in [1.165, 1.54) is 31.4 Å². The lowest BCUT2D eigenvalue weighted by molar-refractivity contribution is -0.119. The van der Waals surface area contributed by atoms with Gasteiger partial charge in [-0.3, -0.25) is 9.59 Å². The molecule has 1 aromatic heterocycles. The van der Waals surface area contributed by atoms with E-state index in [1.807, 2.05) is 0 Å². The quantitative estimate of drug-likeness (QED) is 0.362. The molecule has 0 saturated heterocycles. The van der Waals surface area contributed by atoms with Crippen LogP contribution in [0, 0.1) is 19.7 Å². The number of aromatic nitrogens is 1. The Bertz CT molecular complexity index is 1270. The number of nitrogens with two attached hydrogens (primary N) is 1. The van der Waals surface area contributed by atoms with Crippen LogP contribution in [0.2, 0.25) is 5.02 Å². The maximum absolute atomic E-state index is 13.7. The summed E-state index contributed by atoms with van der Waals surface area (Å²) in [5.41, 5.74) is 7.32. The van der Waals surface area contributed by atoms with Gasteiger partial charge in [0.15, 0.2) is 24.7 Å². The van der Waals surface area contributed by atoms with Crippen molar-refractivity contribution in [2.75, 3.05) is 20.3 Å². The van der Waals surface area contributed by atoms with Crippen molar-refractivity contribution in [3.63, 3.8) is 0 Å². The van der Waals surface area contributed by atoms with Gasteiger partial charge in [0.25, 0.3) is 5.91 Å². The number of esters is 1. The molecule has 10 heteroatoms. The summed E-state index contributed by atoms with van der Waals surface area (Å²) in [7, 11) is 1.33. The molecule has 34 heavy (non-hydrogen) atoms. The van der Waals surface area contributed by atoms with Crippen LogP contribution in [-0.4, -0.2) is 42.6 Å². The van der Waals surface area contributed by atoms with E-state index in [4.69, 9.17) is 31.5 Å². The molecule has 0 saturated carbocycles. The van der Waals surface area contributed by atoms with E-state index >= 15 is 0 Å². The molecule has 0 spiro atoms. The van der Waals surface area contributed by atoms with Gasteiger partial charge in [0.05, 0.1) is 17.7 Å². The van der Waals surface area contributed by atoms with Gasteiger partial charge >= 0.3 is 5.97 Å². The maximum atomic E-state index is 13.7. The Morgan fingerprint density at radius 1 is 1.09 bits per heavy atom. The van der Waals surface area contributed by atoms with Crippen LogP contribution in [0.4, 0.5) is 4.39 Å². The second-order valence-corrected chi connectivity index (χ2v) is 7.75. The first-order valence-electron chi connectivity index (χ1n) is 10.1. The number of nitrogens with zero attached hydrogens (tertiary/aromatic N) is 1. The van der Waals surface area contributed by atoms with Gasteiger partial charge in [-0.1, -0.05) is 17.7 Å². The van der Waals surface area contributed by atoms with Gasteiger partial charge in [0, 0.05) is 22.6 Å². The molecule has 2 N–H and O–H groups in total. The number of rotatable bonds is 9. The number of ether oxygens (including phenoxy) is 3. The Labute approximate surface area is 200 Å². The normalized spacial score (nSPS) is 10.6.